The molecule has 0 radical (unpaired) electrons. The minimum Gasteiger partial charge on any atom is -0.387 e. The first kappa shape index (κ1) is 13.1. The number of aliphatic hydroxyl groups is 1. The second-order valence-electron chi connectivity index (χ2n) is 5.62. The van der Waals surface area contributed by atoms with Crippen molar-refractivity contribution in [2.24, 2.45) is 5.92 Å². The van der Waals surface area contributed by atoms with Gasteiger partial charge in [-0.05, 0) is 18.8 Å². The van der Waals surface area contributed by atoms with Crippen LogP contribution in [0, 0.1) is 5.92 Å². The zero-order chi connectivity index (χ0) is 13.2. The average Bonchev–Trinajstić information content (AvgIpc) is 2.99. The number of rotatable bonds is 4. The molecule has 0 aliphatic heterocycles. The monoisotopic (exact) mass is 278 g/mol. The molecule has 0 unspecified atom stereocenters. The second-order valence-corrected chi connectivity index (χ2v) is 6.74. The number of thiazole rings is 1. The number of hydrogen-bond acceptors (Lipinski definition) is 3. The summed E-state index contributed by atoms with van der Waals surface area (Å²) in [7, 11) is 0. The summed E-state index contributed by atoms with van der Waals surface area (Å²) in [5.41, 5.74) is 1.09. The summed E-state index contributed by atoms with van der Waals surface area (Å²) in [5.74, 6) is 0.701. The first-order valence-electron chi connectivity index (χ1n) is 7.41. The van der Waals surface area contributed by atoms with E-state index in [1.165, 1.54) is 37.0 Å². The van der Waals surface area contributed by atoms with Crippen LogP contribution in [0.5, 0.6) is 0 Å². The lowest BCUT2D eigenvalue weighted by atomic mass is 9.85. The van der Waals surface area contributed by atoms with E-state index in [1.54, 1.807) is 11.3 Å². The number of imidazole rings is 1. The highest BCUT2D eigenvalue weighted by Gasteiger charge is 2.23. The Morgan fingerprint density at radius 1 is 1.42 bits per heavy atom. The number of aliphatic hydroxyl groups excluding tert-OH is 1. The summed E-state index contributed by atoms with van der Waals surface area (Å²) in [6.07, 6.45) is 11.9. The van der Waals surface area contributed by atoms with Crippen LogP contribution in [0.25, 0.3) is 4.83 Å². The Morgan fingerprint density at radius 2 is 2.21 bits per heavy atom. The molecular formula is C15H22N2OS. The van der Waals surface area contributed by atoms with Crippen LogP contribution in [0.1, 0.15) is 62.1 Å². The Morgan fingerprint density at radius 3 is 2.95 bits per heavy atom. The number of nitrogens with zero attached hydrogens (tertiary/aromatic N) is 2. The fourth-order valence-corrected chi connectivity index (χ4v) is 4.40. The Hall–Kier alpha value is -0.870. The van der Waals surface area contributed by atoms with Gasteiger partial charge in [-0.2, -0.15) is 0 Å². The van der Waals surface area contributed by atoms with Crippen LogP contribution in [-0.2, 0) is 6.42 Å². The van der Waals surface area contributed by atoms with Crippen LogP contribution in [0.2, 0.25) is 0 Å². The Bertz CT molecular complexity index is 539. The molecule has 0 bridgehead atoms. The lowest BCUT2D eigenvalue weighted by molar-refractivity contribution is 0.126. The molecule has 2 aromatic rings. The van der Waals surface area contributed by atoms with Crippen molar-refractivity contribution in [1.82, 2.24) is 9.38 Å². The van der Waals surface area contributed by atoms with Crippen molar-refractivity contribution in [2.45, 2.75) is 58.0 Å². The number of fused-ring (bicyclic) bond motifs is 1. The molecule has 3 rings (SSSR count). The Balaban J connectivity index is 1.83. The van der Waals surface area contributed by atoms with E-state index < -0.39 is 0 Å². The van der Waals surface area contributed by atoms with Gasteiger partial charge in [-0.25, -0.2) is 4.98 Å². The standard InChI is InChI=1S/C15H22N2OS/c1-2-13-15(17-10-16-9-14(17)19-13)12(18)8-11-6-4-3-5-7-11/h9-12,18H,2-8H2,1H3/t12-/m1/s1. The van der Waals surface area contributed by atoms with Crippen LogP contribution in [0.15, 0.2) is 12.5 Å². The lowest BCUT2D eigenvalue weighted by Gasteiger charge is -2.24. The zero-order valence-electron chi connectivity index (χ0n) is 11.5. The highest BCUT2D eigenvalue weighted by molar-refractivity contribution is 7.17. The van der Waals surface area contributed by atoms with E-state index in [1.807, 2.05) is 12.5 Å². The summed E-state index contributed by atoms with van der Waals surface area (Å²) < 4.78 is 2.08. The second kappa shape index (κ2) is 5.63. The Labute approximate surface area is 118 Å². The van der Waals surface area contributed by atoms with E-state index in [-0.39, 0.29) is 6.10 Å². The van der Waals surface area contributed by atoms with Gasteiger partial charge >= 0.3 is 0 Å². The summed E-state index contributed by atoms with van der Waals surface area (Å²) in [6.45, 7) is 2.16. The molecular weight excluding hydrogens is 256 g/mol. The number of hydrogen-bond donors (Lipinski definition) is 1. The van der Waals surface area contributed by atoms with E-state index >= 15 is 0 Å². The van der Waals surface area contributed by atoms with Crippen molar-refractivity contribution in [1.29, 1.82) is 0 Å². The summed E-state index contributed by atoms with van der Waals surface area (Å²) in [5, 5.41) is 10.6. The van der Waals surface area contributed by atoms with Gasteiger partial charge in [0.25, 0.3) is 0 Å². The Kier molecular flexibility index (Phi) is 3.89. The fraction of sp³-hybridized carbons (Fsp3) is 0.667. The molecule has 2 heterocycles. The largest absolute Gasteiger partial charge is 0.387 e. The highest BCUT2D eigenvalue weighted by atomic mass is 32.1. The molecule has 3 nitrogen and oxygen atoms in total. The first-order chi connectivity index (χ1) is 9.29. The third-order valence-corrected chi connectivity index (χ3v) is 5.55. The SMILES string of the molecule is CCc1sc2cncn2c1[C@H](O)CC1CCCCC1. The minimum absolute atomic E-state index is 0.332. The normalized spacial score (nSPS) is 19.1. The van der Waals surface area contributed by atoms with E-state index in [2.05, 4.69) is 16.3 Å². The van der Waals surface area contributed by atoms with Gasteiger partial charge in [-0.15, -0.1) is 11.3 Å². The molecule has 1 atom stereocenters. The molecule has 1 aliphatic rings. The topological polar surface area (TPSA) is 37.5 Å². The maximum absolute atomic E-state index is 10.6. The number of aryl methyl sites for hydroxylation is 1. The maximum atomic E-state index is 10.6. The van der Waals surface area contributed by atoms with Crippen LogP contribution in [0.4, 0.5) is 0 Å². The van der Waals surface area contributed by atoms with Crippen molar-refractivity contribution in [2.75, 3.05) is 0 Å². The molecule has 4 heteroatoms. The van der Waals surface area contributed by atoms with Crippen molar-refractivity contribution in [3.63, 3.8) is 0 Å². The maximum Gasteiger partial charge on any atom is 0.120 e. The van der Waals surface area contributed by atoms with Gasteiger partial charge < -0.3 is 5.11 Å². The molecule has 1 aliphatic carbocycles. The summed E-state index contributed by atoms with van der Waals surface area (Å²) in [4.78, 5) is 6.64. The van der Waals surface area contributed by atoms with Crippen LogP contribution < -0.4 is 0 Å². The third-order valence-electron chi connectivity index (χ3n) is 4.30. The predicted octanol–water partition coefficient (Wildman–Crippen LogP) is 3.96. The smallest absolute Gasteiger partial charge is 0.120 e. The van der Waals surface area contributed by atoms with Gasteiger partial charge in [0.2, 0.25) is 0 Å². The molecule has 0 amide bonds. The van der Waals surface area contributed by atoms with E-state index in [9.17, 15) is 5.11 Å². The molecule has 19 heavy (non-hydrogen) atoms. The highest BCUT2D eigenvalue weighted by Crippen LogP contribution is 2.35. The van der Waals surface area contributed by atoms with E-state index in [4.69, 9.17) is 0 Å². The van der Waals surface area contributed by atoms with Crippen LogP contribution in [-0.4, -0.2) is 14.5 Å². The molecule has 1 saturated carbocycles. The van der Waals surface area contributed by atoms with Gasteiger partial charge in [0.1, 0.15) is 11.2 Å². The van der Waals surface area contributed by atoms with E-state index in [0.29, 0.717) is 5.92 Å². The third kappa shape index (κ3) is 2.56. The van der Waals surface area contributed by atoms with Crippen molar-refractivity contribution in [3.05, 3.63) is 23.1 Å². The molecule has 0 aromatic carbocycles. The van der Waals surface area contributed by atoms with Crippen molar-refractivity contribution < 1.29 is 5.11 Å². The molecule has 0 saturated heterocycles. The quantitative estimate of drug-likeness (QED) is 0.919. The van der Waals surface area contributed by atoms with Gasteiger partial charge in [0.05, 0.1) is 18.0 Å². The van der Waals surface area contributed by atoms with Crippen molar-refractivity contribution >= 4 is 16.2 Å². The fourth-order valence-electron chi connectivity index (χ4n) is 3.30. The van der Waals surface area contributed by atoms with Crippen LogP contribution in [0.3, 0.4) is 0 Å². The molecule has 2 aromatic heterocycles. The number of aromatic nitrogens is 2. The van der Waals surface area contributed by atoms with Gasteiger partial charge in [-0.3, -0.25) is 4.40 Å². The molecule has 104 valence electrons. The summed E-state index contributed by atoms with van der Waals surface area (Å²) >= 11 is 1.76. The van der Waals surface area contributed by atoms with Gasteiger partial charge in [0, 0.05) is 4.88 Å². The predicted molar refractivity (Wildman–Crippen MR) is 78.6 cm³/mol. The average molecular weight is 278 g/mol. The van der Waals surface area contributed by atoms with Crippen LogP contribution >= 0.6 is 11.3 Å². The minimum atomic E-state index is -0.332. The molecule has 1 N–H and O–H groups in total. The van der Waals surface area contributed by atoms with Crippen molar-refractivity contribution in [3.8, 4) is 0 Å². The zero-order valence-corrected chi connectivity index (χ0v) is 12.3. The van der Waals surface area contributed by atoms with E-state index in [0.717, 1.165) is 23.4 Å². The first-order valence-corrected chi connectivity index (χ1v) is 8.23. The summed E-state index contributed by atoms with van der Waals surface area (Å²) in [6, 6.07) is 0. The van der Waals surface area contributed by atoms with Gasteiger partial charge in [-0.1, -0.05) is 39.0 Å². The molecule has 1 fully saturated rings. The van der Waals surface area contributed by atoms with Gasteiger partial charge in [0.15, 0.2) is 0 Å². The molecule has 0 spiro atoms. The lowest BCUT2D eigenvalue weighted by Crippen LogP contribution is -2.13.